The largest absolute Gasteiger partial charge is 0.418 e. The first-order chi connectivity index (χ1) is 15.8. The molecular weight excluding hydrogens is 455 g/mol. The number of anilines is 1. The molecule has 4 rings (SSSR count). The SMILES string of the molecule is CCc1ccccc1-n1c(SCC(=O)Nc2ccccc2C(F)(F)F)nc2[nH]ncc2c1=O. The van der Waals surface area contributed by atoms with E-state index in [1.54, 1.807) is 12.1 Å². The van der Waals surface area contributed by atoms with Crippen LogP contribution in [-0.2, 0) is 17.4 Å². The van der Waals surface area contributed by atoms with Crippen LogP contribution in [0.2, 0.25) is 0 Å². The van der Waals surface area contributed by atoms with Crippen molar-refractivity contribution in [1.29, 1.82) is 0 Å². The first kappa shape index (κ1) is 22.6. The number of halogens is 3. The molecule has 2 N–H and O–H groups in total. The van der Waals surface area contributed by atoms with Crippen LogP contribution in [0.25, 0.3) is 16.7 Å². The number of benzene rings is 2. The molecule has 2 heterocycles. The van der Waals surface area contributed by atoms with Gasteiger partial charge in [0.05, 0.1) is 28.9 Å². The summed E-state index contributed by atoms with van der Waals surface area (Å²) in [6.45, 7) is 1.95. The zero-order valence-corrected chi connectivity index (χ0v) is 18.1. The second-order valence-electron chi connectivity index (χ2n) is 7.03. The number of amides is 1. The number of para-hydroxylation sites is 2. The van der Waals surface area contributed by atoms with E-state index in [0.29, 0.717) is 12.1 Å². The standard InChI is InChI=1S/C22H18F3N5O2S/c1-2-13-7-3-6-10-17(13)30-20(32)14-11-26-29-19(14)28-21(30)33-12-18(31)27-16-9-5-4-8-15(16)22(23,24)25/h3-11H,2,12H2,1H3,(H,26,29)(H,27,31). The van der Waals surface area contributed by atoms with Crippen LogP contribution >= 0.6 is 11.8 Å². The quantitative estimate of drug-likeness (QED) is 0.320. The molecule has 0 aliphatic rings. The van der Waals surface area contributed by atoms with Crippen molar-refractivity contribution < 1.29 is 18.0 Å². The Labute approximate surface area is 190 Å². The Morgan fingerprint density at radius 1 is 1.15 bits per heavy atom. The number of aryl methyl sites for hydroxylation is 1. The lowest BCUT2D eigenvalue weighted by atomic mass is 10.1. The summed E-state index contributed by atoms with van der Waals surface area (Å²) >= 11 is 0.945. The van der Waals surface area contributed by atoms with Gasteiger partial charge in [0.2, 0.25) is 5.91 Å². The van der Waals surface area contributed by atoms with Gasteiger partial charge in [0, 0.05) is 0 Å². The third-order valence-electron chi connectivity index (χ3n) is 4.90. The third kappa shape index (κ3) is 4.63. The van der Waals surface area contributed by atoms with Gasteiger partial charge in [-0.3, -0.25) is 19.3 Å². The fraction of sp³-hybridized carbons (Fsp3) is 0.182. The van der Waals surface area contributed by atoms with Gasteiger partial charge in [-0.05, 0) is 30.2 Å². The van der Waals surface area contributed by atoms with E-state index in [4.69, 9.17) is 0 Å². The Hall–Kier alpha value is -3.60. The third-order valence-corrected chi connectivity index (χ3v) is 5.84. The Balaban J connectivity index is 1.66. The highest BCUT2D eigenvalue weighted by Crippen LogP contribution is 2.34. The van der Waals surface area contributed by atoms with Gasteiger partial charge in [0.1, 0.15) is 5.39 Å². The Bertz CT molecular complexity index is 1380. The number of fused-ring (bicyclic) bond motifs is 1. The zero-order chi connectivity index (χ0) is 23.6. The molecular formula is C22H18F3N5O2S. The molecule has 4 aromatic rings. The number of aromatic nitrogens is 4. The normalized spacial score (nSPS) is 11.6. The average molecular weight is 473 g/mol. The van der Waals surface area contributed by atoms with Crippen LogP contribution in [0.15, 0.2) is 64.7 Å². The number of thioether (sulfide) groups is 1. The van der Waals surface area contributed by atoms with Gasteiger partial charge in [-0.1, -0.05) is 49.0 Å². The van der Waals surface area contributed by atoms with Gasteiger partial charge in [-0.2, -0.15) is 18.3 Å². The molecule has 33 heavy (non-hydrogen) atoms. The number of nitrogens with zero attached hydrogens (tertiary/aromatic N) is 3. The topological polar surface area (TPSA) is 92.7 Å². The minimum absolute atomic E-state index is 0.219. The summed E-state index contributed by atoms with van der Waals surface area (Å²) < 4.78 is 41.0. The van der Waals surface area contributed by atoms with Crippen LogP contribution in [0.4, 0.5) is 18.9 Å². The van der Waals surface area contributed by atoms with E-state index in [1.807, 2.05) is 19.1 Å². The molecule has 7 nitrogen and oxygen atoms in total. The number of hydrogen-bond donors (Lipinski definition) is 2. The number of hydrogen-bond acceptors (Lipinski definition) is 5. The van der Waals surface area contributed by atoms with Gasteiger partial charge in [0.15, 0.2) is 10.8 Å². The Morgan fingerprint density at radius 3 is 2.64 bits per heavy atom. The van der Waals surface area contributed by atoms with Gasteiger partial charge >= 0.3 is 6.18 Å². The van der Waals surface area contributed by atoms with E-state index in [-0.39, 0.29) is 33.2 Å². The highest BCUT2D eigenvalue weighted by Gasteiger charge is 2.33. The highest BCUT2D eigenvalue weighted by molar-refractivity contribution is 7.99. The molecule has 11 heteroatoms. The van der Waals surface area contributed by atoms with Gasteiger partial charge in [-0.15, -0.1) is 0 Å². The van der Waals surface area contributed by atoms with Gasteiger partial charge in [0.25, 0.3) is 5.56 Å². The van der Waals surface area contributed by atoms with Crippen molar-refractivity contribution in [3.8, 4) is 5.69 Å². The molecule has 0 bridgehead atoms. The maximum Gasteiger partial charge on any atom is 0.418 e. The number of rotatable bonds is 6. The first-order valence-corrected chi connectivity index (χ1v) is 10.9. The number of H-pyrrole nitrogens is 1. The molecule has 0 fully saturated rings. The molecule has 170 valence electrons. The summed E-state index contributed by atoms with van der Waals surface area (Å²) in [7, 11) is 0. The summed E-state index contributed by atoms with van der Waals surface area (Å²) in [5.41, 5.74) is 0.145. The van der Waals surface area contributed by atoms with E-state index < -0.39 is 17.6 Å². The minimum atomic E-state index is -4.60. The van der Waals surface area contributed by atoms with Crippen LogP contribution in [0.3, 0.4) is 0 Å². The highest BCUT2D eigenvalue weighted by atomic mass is 32.2. The van der Waals surface area contributed by atoms with Crippen molar-refractivity contribution in [3.05, 3.63) is 76.2 Å². The fourth-order valence-corrected chi connectivity index (χ4v) is 4.17. The molecule has 0 unspecified atom stereocenters. The number of aromatic amines is 1. The van der Waals surface area contributed by atoms with Crippen molar-refractivity contribution in [2.24, 2.45) is 0 Å². The summed E-state index contributed by atoms with van der Waals surface area (Å²) in [6, 6.07) is 12.1. The van der Waals surface area contributed by atoms with Crippen molar-refractivity contribution in [2.45, 2.75) is 24.7 Å². The predicted molar refractivity (Wildman–Crippen MR) is 120 cm³/mol. The van der Waals surface area contributed by atoms with Crippen LogP contribution in [0, 0.1) is 0 Å². The fourth-order valence-electron chi connectivity index (χ4n) is 3.37. The lowest BCUT2D eigenvalue weighted by Crippen LogP contribution is -2.23. The molecule has 2 aromatic heterocycles. The summed E-state index contributed by atoms with van der Waals surface area (Å²) in [6.07, 6.45) is -2.57. The van der Waals surface area contributed by atoms with Crippen LogP contribution in [0.1, 0.15) is 18.1 Å². The Morgan fingerprint density at radius 2 is 1.88 bits per heavy atom. The second kappa shape index (κ2) is 9.10. The molecule has 2 aromatic carbocycles. The Kier molecular flexibility index (Phi) is 6.23. The van der Waals surface area contributed by atoms with E-state index in [9.17, 15) is 22.8 Å². The van der Waals surface area contributed by atoms with E-state index in [0.717, 1.165) is 23.4 Å². The summed E-state index contributed by atoms with van der Waals surface area (Å²) in [4.78, 5) is 30.1. The summed E-state index contributed by atoms with van der Waals surface area (Å²) in [5, 5.41) is 9.32. The van der Waals surface area contributed by atoms with Crippen LogP contribution in [-0.4, -0.2) is 31.4 Å². The van der Waals surface area contributed by atoms with Gasteiger partial charge < -0.3 is 5.32 Å². The van der Waals surface area contributed by atoms with E-state index in [2.05, 4.69) is 20.5 Å². The molecule has 0 radical (unpaired) electrons. The molecule has 0 aliphatic carbocycles. The smallest absolute Gasteiger partial charge is 0.325 e. The van der Waals surface area contributed by atoms with Crippen molar-refractivity contribution in [3.63, 3.8) is 0 Å². The monoisotopic (exact) mass is 473 g/mol. The van der Waals surface area contributed by atoms with Gasteiger partial charge in [-0.25, -0.2) is 4.98 Å². The molecule has 0 spiro atoms. The zero-order valence-electron chi connectivity index (χ0n) is 17.3. The lowest BCUT2D eigenvalue weighted by Gasteiger charge is -2.15. The number of nitrogens with one attached hydrogen (secondary N) is 2. The maximum atomic E-state index is 13.2. The molecule has 0 atom stereocenters. The average Bonchev–Trinajstić information content (AvgIpc) is 3.26. The summed E-state index contributed by atoms with van der Waals surface area (Å²) in [5.74, 6) is -0.919. The predicted octanol–water partition coefficient (Wildman–Crippen LogP) is 4.42. The minimum Gasteiger partial charge on any atom is -0.325 e. The number of carbonyl (C=O) groups excluding carboxylic acids is 1. The maximum absolute atomic E-state index is 13.2. The second-order valence-corrected chi connectivity index (χ2v) is 7.97. The number of alkyl halides is 3. The van der Waals surface area contributed by atoms with E-state index >= 15 is 0 Å². The molecule has 0 aliphatic heterocycles. The van der Waals surface area contributed by atoms with Crippen molar-refractivity contribution >= 4 is 34.4 Å². The molecule has 0 saturated carbocycles. The van der Waals surface area contributed by atoms with Crippen LogP contribution < -0.4 is 10.9 Å². The van der Waals surface area contributed by atoms with Crippen molar-refractivity contribution in [1.82, 2.24) is 19.7 Å². The lowest BCUT2D eigenvalue weighted by molar-refractivity contribution is -0.137. The molecule has 1 amide bonds. The number of carbonyl (C=O) groups is 1. The first-order valence-electron chi connectivity index (χ1n) is 9.93. The molecule has 0 saturated heterocycles. The van der Waals surface area contributed by atoms with E-state index in [1.165, 1.54) is 29.0 Å². The van der Waals surface area contributed by atoms with Crippen molar-refractivity contribution in [2.75, 3.05) is 11.1 Å². The van der Waals surface area contributed by atoms with Crippen LogP contribution in [0.5, 0.6) is 0 Å².